The number of piperazine rings is 1. The molecule has 2 unspecified atom stereocenters. The molecule has 1 aromatic heterocycles. The average molecular weight is 716 g/mol. The van der Waals surface area contributed by atoms with E-state index in [1.54, 1.807) is 18.2 Å². The third kappa shape index (κ3) is 6.34. The molecular weight excluding hydrogens is 670 g/mol. The smallest absolute Gasteiger partial charge is 0.262 e. The van der Waals surface area contributed by atoms with Gasteiger partial charge in [-0.15, -0.1) is 0 Å². The molecule has 53 heavy (non-hydrogen) atoms. The average Bonchev–Trinajstić information content (AvgIpc) is 3.75. The first-order valence-corrected chi connectivity index (χ1v) is 19.1. The Morgan fingerprint density at radius 3 is 2.57 bits per heavy atom. The normalized spacial score (nSPS) is 27.5. The number of allylic oxidation sites excluding steroid dienone is 2. The molecule has 2 saturated carbocycles. The van der Waals surface area contributed by atoms with Crippen molar-refractivity contribution in [2.75, 3.05) is 36.9 Å². The van der Waals surface area contributed by atoms with Crippen molar-refractivity contribution in [1.29, 1.82) is 0 Å². The lowest BCUT2D eigenvalue weighted by Crippen LogP contribution is -2.54. The van der Waals surface area contributed by atoms with Crippen LogP contribution in [0.1, 0.15) is 84.2 Å². The molecule has 0 radical (unpaired) electrons. The molecule has 9 rings (SSSR count). The Hall–Kier alpha value is -5.17. The van der Waals surface area contributed by atoms with E-state index >= 15 is 0 Å². The van der Waals surface area contributed by atoms with Crippen LogP contribution < -0.4 is 21.3 Å². The van der Waals surface area contributed by atoms with E-state index in [9.17, 15) is 19.2 Å². The van der Waals surface area contributed by atoms with Crippen molar-refractivity contribution in [3.05, 3.63) is 65.1 Å². The van der Waals surface area contributed by atoms with Gasteiger partial charge in [0.05, 0.1) is 40.1 Å². The number of benzene rings is 2. The van der Waals surface area contributed by atoms with E-state index in [4.69, 9.17) is 20.7 Å². The lowest BCUT2D eigenvalue weighted by Gasteiger charge is -2.33. The van der Waals surface area contributed by atoms with Gasteiger partial charge in [0, 0.05) is 67.0 Å². The number of amides is 4. The van der Waals surface area contributed by atoms with Crippen LogP contribution in [0.5, 0.6) is 0 Å². The second kappa shape index (κ2) is 13.4. The number of nitrogens with zero attached hydrogens (tertiary/aromatic N) is 6. The Morgan fingerprint density at radius 1 is 0.981 bits per heavy atom. The molecule has 3 atom stereocenters. The standard InChI is InChI=1S/C40H45N9O4/c1-47-20-28-16-27(47)21-48(28)26-7-9-32-33(17-26)45-34(19-44-32)31(37(41)23-4-5-23)18-43-25-13-22(14-25)3-2-12-42-24-6-8-29-30(15-24)40(53)49(39(29)52)35-10-11-36(50)46-38(35)51/h6-9,15,17-19,22-23,25,27-28,35,42H,2-5,10-14,16,20-21,41H2,1H3,(H,46,50,51)/t22?,25?,27-,28?,35?/m0/s1. The van der Waals surface area contributed by atoms with Crippen LogP contribution in [0, 0.1) is 11.8 Å². The molecule has 13 nitrogen and oxygen atoms in total. The summed E-state index contributed by atoms with van der Waals surface area (Å²) >= 11 is 0. The van der Waals surface area contributed by atoms with Gasteiger partial charge in [-0.3, -0.25) is 44.3 Å². The minimum Gasteiger partial charge on any atom is -0.401 e. The summed E-state index contributed by atoms with van der Waals surface area (Å²) in [6.07, 6.45) is 11.5. The minimum atomic E-state index is -0.969. The lowest BCUT2D eigenvalue weighted by molar-refractivity contribution is -0.136. The minimum absolute atomic E-state index is 0.0945. The SMILES string of the molecule is CN1CC2C[C@H]1CN2c1ccc2ncc(C(C=NC3CC(CCCNc4ccc5c(c4)C(=O)N(C4CCC(=O)NC4=O)C5=O)C3)=C(N)C3CC3)nc2c1. The first-order chi connectivity index (χ1) is 25.7. The van der Waals surface area contributed by atoms with Crippen molar-refractivity contribution in [2.45, 2.75) is 82.0 Å². The van der Waals surface area contributed by atoms with Crippen molar-refractivity contribution in [3.8, 4) is 0 Å². The maximum atomic E-state index is 13.2. The van der Waals surface area contributed by atoms with E-state index < -0.39 is 29.7 Å². The fourth-order valence-corrected chi connectivity index (χ4v) is 8.84. The van der Waals surface area contributed by atoms with Gasteiger partial charge in [-0.2, -0.15) is 0 Å². The number of hydrogen-bond acceptors (Lipinski definition) is 11. The summed E-state index contributed by atoms with van der Waals surface area (Å²) < 4.78 is 0. The molecule has 3 aromatic rings. The maximum absolute atomic E-state index is 13.2. The second-order valence-electron chi connectivity index (χ2n) is 15.8. The van der Waals surface area contributed by atoms with Gasteiger partial charge in [0.15, 0.2) is 0 Å². The first kappa shape index (κ1) is 33.7. The Balaban J connectivity index is 0.784. The van der Waals surface area contributed by atoms with Crippen molar-refractivity contribution in [1.82, 2.24) is 25.1 Å². The number of likely N-dealkylation sites (tertiary alicyclic amines) is 1. The quantitative estimate of drug-likeness (QED) is 0.151. The van der Waals surface area contributed by atoms with Gasteiger partial charge in [0.1, 0.15) is 6.04 Å². The molecule has 5 heterocycles. The summed E-state index contributed by atoms with van der Waals surface area (Å²) in [5, 5.41) is 5.62. The number of carbonyl (C=O) groups excluding carboxylic acids is 4. The van der Waals surface area contributed by atoms with Gasteiger partial charge in [0.25, 0.3) is 11.8 Å². The molecular formula is C40H45N9O4. The summed E-state index contributed by atoms with van der Waals surface area (Å²) in [5.74, 6) is -1.02. The van der Waals surface area contributed by atoms with Gasteiger partial charge < -0.3 is 16.0 Å². The summed E-state index contributed by atoms with van der Waals surface area (Å²) in [5.41, 5.74) is 13.6. The Morgan fingerprint density at radius 2 is 1.81 bits per heavy atom. The zero-order valence-corrected chi connectivity index (χ0v) is 30.0. The number of imide groups is 2. The van der Waals surface area contributed by atoms with E-state index in [2.05, 4.69) is 45.7 Å². The summed E-state index contributed by atoms with van der Waals surface area (Å²) in [6, 6.07) is 12.0. The highest BCUT2D eigenvalue weighted by molar-refractivity contribution is 6.23. The molecule has 2 aliphatic carbocycles. The van der Waals surface area contributed by atoms with Gasteiger partial charge in [0.2, 0.25) is 11.8 Å². The molecule has 4 amide bonds. The van der Waals surface area contributed by atoms with Gasteiger partial charge >= 0.3 is 0 Å². The second-order valence-corrected chi connectivity index (χ2v) is 15.8. The number of aliphatic imine (C=N–C) groups is 1. The number of aromatic nitrogens is 2. The monoisotopic (exact) mass is 715 g/mol. The van der Waals surface area contributed by atoms with Crippen LogP contribution in [0.4, 0.5) is 11.4 Å². The first-order valence-electron chi connectivity index (χ1n) is 19.1. The molecule has 3 saturated heterocycles. The molecule has 2 aromatic carbocycles. The Labute approximate surface area is 308 Å². The number of piperidine rings is 1. The predicted octanol–water partition coefficient (Wildman–Crippen LogP) is 3.75. The fourth-order valence-electron chi connectivity index (χ4n) is 8.84. The largest absolute Gasteiger partial charge is 0.401 e. The zero-order chi connectivity index (χ0) is 36.4. The van der Waals surface area contributed by atoms with E-state index in [-0.39, 0.29) is 30.0 Å². The van der Waals surface area contributed by atoms with Gasteiger partial charge in [-0.05, 0) is 107 Å². The molecule has 6 aliphatic rings. The van der Waals surface area contributed by atoms with E-state index in [1.165, 1.54) is 12.1 Å². The topological polar surface area (TPSA) is 166 Å². The molecule has 5 fully saturated rings. The van der Waals surface area contributed by atoms with Crippen LogP contribution in [-0.2, 0) is 9.59 Å². The predicted molar refractivity (Wildman–Crippen MR) is 201 cm³/mol. The van der Waals surface area contributed by atoms with Crippen LogP contribution in [0.15, 0.2) is 53.3 Å². The van der Waals surface area contributed by atoms with Crippen LogP contribution in [0.25, 0.3) is 16.6 Å². The number of anilines is 2. The summed E-state index contributed by atoms with van der Waals surface area (Å²) in [6.45, 7) is 2.89. The van der Waals surface area contributed by atoms with Gasteiger partial charge in [-0.1, -0.05) is 0 Å². The highest BCUT2D eigenvalue weighted by atomic mass is 16.2. The van der Waals surface area contributed by atoms with E-state index in [1.807, 2.05) is 12.4 Å². The van der Waals surface area contributed by atoms with Crippen molar-refractivity contribution < 1.29 is 19.2 Å². The summed E-state index contributed by atoms with van der Waals surface area (Å²) in [4.78, 5) is 70.9. The van der Waals surface area contributed by atoms with Crippen LogP contribution in [-0.4, -0.2) is 100 Å². The van der Waals surface area contributed by atoms with Crippen LogP contribution >= 0.6 is 0 Å². The third-order valence-corrected chi connectivity index (χ3v) is 12.2. The highest BCUT2D eigenvalue weighted by Crippen LogP contribution is 2.39. The number of hydrogen-bond donors (Lipinski definition) is 3. The van der Waals surface area contributed by atoms with Crippen molar-refractivity contribution in [3.63, 3.8) is 0 Å². The van der Waals surface area contributed by atoms with Crippen molar-refractivity contribution in [2.24, 2.45) is 22.6 Å². The van der Waals surface area contributed by atoms with E-state index in [0.717, 1.165) is 96.7 Å². The number of fused-ring (bicyclic) bond motifs is 4. The highest BCUT2D eigenvalue weighted by Gasteiger charge is 2.45. The van der Waals surface area contributed by atoms with Crippen molar-refractivity contribution >= 4 is 57.8 Å². The number of nitrogens with one attached hydrogen (secondary N) is 2. The number of rotatable bonds is 11. The summed E-state index contributed by atoms with van der Waals surface area (Å²) in [7, 11) is 2.22. The zero-order valence-electron chi connectivity index (χ0n) is 30.0. The molecule has 0 spiro atoms. The molecule has 4 N–H and O–H groups in total. The Bertz CT molecular complexity index is 2080. The molecule has 274 valence electrons. The Kier molecular flexibility index (Phi) is 8.48. The molecule has 13 heteroatoms. The molecule has 2 bridgehead atoms. The number of nitrogens with two attached hydrogens (primary N) is 1. The fraction of sp³-hybridized carbons (Fsp3) is 0.475. The number of carbonyl (C=O) groups is 4. The third-order valence-electron chi connectivity index (χ3n) is 12.2. The van der Waals surface area contributed by atoms with E-state index in [0.29, 0.717) is 23.9 Å². The van der Waals surface area contributed by atoms with Crippen LogP contribution in [0.3, 0.4) is 0 Å². The molecule has 4 aliphatic heterocycles. The van der Waals surface area contributed by atoms with Crippen LogP contribution in [0.2, 0.25) is 0 Å². The maximum Gasteiger partial charge on any atom is 0.262 e. The van der Waals surface area contributed by atoms with Gasteiger partial charge in [-0.25, -0.2) is 4.98 Å². The number of likely N-dealkylation sites (N-methyl/N-ethyl adjacent to an activating group) is 1. The lowest BCUT2D eigenvalue weighted by atomic mass is 9.78.